The number of carbonyl (C=O) groups excluding carboxylic acids is 2. The molecule has 0 aliphatic rings. The van der Waals surface area contributed by atoms with Crippen LogP contribution in [0, 0.1) is 6.92 Å². The minimum absolute atomic E-state index is 0.175. The first-order valence-corrected chi connectivity index (χ1v) is 6.34. The van der Waals surface area contributed by atoms with Crippen molar-refractivity contribution in [2.75, 3.05) is 13.7 Å². The zero-order valence-electron chi connectivity index (χ0n) is 8.95. The first-order chi connectivity index (χ1) is 7.54. The highest BCUT2D eigenvalue weighted by Gasteiger charge is 2.16. The molecule has 4 nitrogen and oxygen atoms in total. The van der Waals surface area contributed by atoms with Crippen molar-refractivity contribution < 1.29 is 14.3 Å². The number of hydrogen-bond donors (Lipinski definition) is 1. The topological polar surface area (TPSA) is 55.4 Å². The summed E-state index contributed by atoms with van der Waals surface area (Å²) in [5.74, 6) is -0.575. The number of alkyl halides is 1. The van der Waals surface area contributed by atoms with Crippen LogP contribution < -0.4 is 5.32 Å². The monoisotopic (exact) mass is 305 g/mol. The SMILES string of the molecule is COC(=O)C(Br)CNC(=O)c1ccc(C)s1. The van der Waals surface area contributed by atoms with Crippen LogP contribution in [0.4, 0.5) is 0 Å². The van der Waals surface area contributed by atoms with E-state index in [2.05, 4.69) is 26.0 Å². The highest BCUT2D eigenvalue weighted by atomic mass is 79.9. The second kappa shape index (κ2) is 6.00. The average Bonchev–Trinajstić information content (AvgIpc) is 2.71. The molecule has 0 saturated heterocycles. The predicted molar refractivity (Wildman–Crippen MR) is 66.1 cm³/mol. The van der Waals surface area contributed by atoms with Gasteiger partial charge in [0.25, 0.3) is 5.91 Å². The molecule has 1 heterocycles. The Balaban J connectivity index is 2.44. The van der Waals surface area contributed by atoms with Crippen molar-refractivity contribution in [3.63, 3.8) is 0 Å². The molecule has 1 aromatic heterocycles. The molecule has 0 aromatic carbocycles. The third kappa shape index (κ3) is 3.61. The summed E-state index contributed by atoms with van der Waals surface area (Å²) in [7, 11) is 1.31. The maximum Gasteiger partial charge on any atom is 0.321 e. The van der Waals surface area contributed by atoms with E-state index in [1.165, 1.54) is 18.4 Å². The minimum atomic E-state index is -0.512. The number of methoxy groups -OCH3 is 1. The summed E-state index contributed by atoms with van der Waals surface area (Å²) in [6, 6.07) is 3.64. The van der Waals surface area contributed by atoms with Gasteiger partial charge in [0.05, 0.1) is 12.0 Å². The molecule has 0 bridgehead atoms. The van der Waals surface area contributed by atoms with Gasteiger partial charge >= 0.3 is 5.97 Å². The Morgan fingerprint density at radius 1 is 1.56 bits per heavy atom. The largest absolute Gasteiger partial charge is 0.468 e. The standard InChI is InChI=1S/C10H12BrNO3S/c1-6-3-4-8(16-6)9(13)12-5-7(11)10(14)15-2/h3-4,7H,5H2,1-2H3,(H,12,13). The van der Waals surface area contributed by atoms with E-state index in [0.717, 1.165) is 4.88 Å². The number of thiophene rings is 1. The van der Waals surface area contributed by atoms with Crippen LogP contribution in [-0.2, 0) is 9.53 Å². The highest BCUT2D eigenvalue weighted by molar-refractivity contribution is 9.10. The number of aryl methyl sites for hydroxylation is 1. The second-order valence-electron chi connectivity index (χ2n) is 3.11. The number of hydrogen-bond acceptors (Lipinski definition) is 4. The van der Waals surface area contributed by atoms with Crippen molar-refractivity contribution >= 4 is 39.1 Å². The van der Waals surface area contributed by atoms with E-state index in [1.807, 2.05) is 13.0 Å². The Labute approximate surface area is 106 Å². The van der Waals surface area contributed by atoms with Crippen LogP contribution in [0.3, 0.4) is 0 Å². The van der Waals surface area contributed by atoms with Gasteiger partial charge in [-0.15, -0.1) is 11.3 Å². The lowest BCUT2D eigenvalue weighted by molar-refractivity contribution is -0.139. The Hall–Kier alpha value is -0.880. The van der Waals surface area contributed by atoms with Gasteiger partial charge in [0.2, 0.25) is 0 Å². The fourth-order valence-electron chi connectivity index (χ4n) is 1.04. The average molecular weight is 306 g/mol. The van der Waals surface area contributed by atoms with Crippen molar-refractivity contribution in [1.82, 2.24) is 5.32 Å². The van der Waals surface area contributed by atoms with Crippen LogP contribution in [0.1, 0.15) is 14.5 Å². The van der Waals surface area contributed by atoms with E-state index in [4.69, 9.17) is 0 Å². The van der Waals surface area contributed by atoms with Crippen molar-refractivity contribution in [2.24, 2.45) is 0 Å². The molecule has 16 heavy (non-hydrogen) atoms. The van der Waals surface area contributed by atoms with E-state index < -0.39 is 10.8 Å². The summed E-state index contributed by atoms with van der Waals surface area (Å²) in [4.78, 5) is 23.9. The smallest absolute Gasteiger partial charge is 0.321 e. The van der Waals surface area contributed by atoms with Crippen LogP contribution in [-0.4, -0.2) is 30.4 Å². The molecule has 0 fully saturated rings. The molecule has 1 amide bonds. The molecule has 0 aliphatic carbocycles. The molecule has 1 unspecified atom stereocenters. The molecule has 0 radical (unpaired) electrons. The van der Waals surface area contributed by atoms with E-state index in [1.54, 1.807) is 6.07 Å². The zero-order chi connectivity index (χ0) is 12.1. The summed E-state index contributed by atoms with van der Waals surface area (Å²) in [6.45, 7) is 2.14. The molecule has 1 aromatic rings. The van der Waals surface area contributed by atoms with E-state index in [9.17, 15) is 9.59 Å². The van der Waals surface area contributed by atoms with Gasteiger partial charge in [-0.3, -0.25) is 9.59 Å². The molecular formula is C10H12BrNO3S. The fraction of sp³-hybridized carbons (Fsp3) is 0.400. The number of amides is 1. The first-order valence-electron chi connectivity index (χ1n) is 4.61. The van der Waals surface area contributed by atoms with Gasteiger partial charge in [-0.2, -0.15) is 0 Å². The summed E-state index contributed by atoms with van der Waals surface area (Å²) in [5.41, 5.74) is 0. The van der Waals surface area contributed by atoms with Gasteiger partial charge in [0.15, 0.2) is 0 Å². The molecule has 1 N–H and O–H groups in total. The van der Waals surface area contributed by atoms with Gasteiger partial charge in [0, 0.05) is 11.4 Å². The van der Waals surface area contributed by atoms with Gasteiger partial charge in [0.1, 0.15) is 4.83 Å². The summed E-state index contributed by atoms with van der Waals surface area (Å²) in [6.07, 6.45) is 0. The summed E-state index contributed by atoms with van der Waals surface area (Å²) >= 11 is 4.54. The number of rotatable bonds is 4. The minimum Gasteiger partial charge on any atom is -0.468 e. The number of ether oxygens (including phenoxy) is 1. The molecule has 1 rings (SSSR count). The van der Waals surface area contributed by atoms with E-state index in [-0.39, 0.29) is 12.5 Å². The van der Waals surface area contributed by atoms with Crippen LogP contribution in [0.25, 0.3) is 0 Å². The molecular weight excluding hydrogens is 294 g/mol. The Morgan fingerprint density at radius 3 is 2.75 bits per heavy atom. The molecule has 0 saturated carbocycles. The molecule has 6 heteroatoms. The van der Waals surface area contributed by atoms with Gasteiger partial charge < -0.3 is 10.1 Å². The molecule has 0 aliphatic heterocycles. The van der Waals surface area contributed by atoms with Crippen molar-refractivity contribution in [2.45, 2.75) is 11.8 Å². The van der Waals surface area contributed by atoms with Crippen LogP contribution in [0.2, 0.25) is 0 Å². The number of nitrogens with one attached hydrogen (secondary N) is 1. The third-order valence-corrected chi connectivity index (χ3v) is 3.56. The maximum atomic E-state index is 11.6. The lowest BCUT2D eigenvalue weighted by Crippen LogP contribution is -2.33. The first kappa shape index (κ1) is 13.2. The highest BCUT2D eigenvalue weighted by Crippen LogP contribution is 2.14. The van der Waals surface area contributed by atoms with Crippen molar-refractivity contribution in [1.29, 1.82) is 0 Å². The van der Waals surface area contributed by atoms with Crippen LogP contribution in [0.15, 0.2) is 12.1 Å². The zero-order valence-corrected chi connectivity index (χ0v) is 11.4. The predicted octanol–water partition coefficient (Wildman–Crippen LogP) is 1.72. The Bertz CT molecular complexity index is 391. The number of halogens is 1. The van der Waals surface area contributed by atoms with Crippen LogP contribution >= 0.6 is 27.3 Å². The van der Waals surface area contributed by atoms with Gasteiger partial charge in [-0.1, -0.05) is 15.9 Å². The molecule has 0 spiro atoms. The Morgan fingerprint density at radius 2 is 2.25 bits per heavy atom. The van der Waals surface area contributed by atoms with E-state index >= 15 is 0 Å². The summed E-state index contributed by atoms with van der Waals surface area (Å²) in [5, 5.41) is 2.65. The lowest BCUT2D eigenvalue weighted by Gasteiger charge is -2.08. The van der Waals surface area contributed by atoms with Gasteiger partial charge in [-0.05, 0) is 19.1 Å². The van der Waals surface area contributed by atoms with E-state index in [0.29, 0.717) is 4.88 Å². The van der Waals surface area contributed by atoms with Crippen LogP contribution in [0.5, 0.6) is 0 Å². The quantitative estimate of drug-likeness (QED) is 0.681. The lowest BCUT2D eigenvalue weighted by atomic mass is 10.4. The fourth-order valence-corrected chi connectivity index (χ4v) is 2.17. The second-order valence-corrected chi connectivity index (χ2v) is 5.50. The van der Waals surface area contributed by atoms with Crippen molar-refractivity contribution in [3.8, 4) is 0 Å². The van der Waals surface area contributed by atoms with Crippen molar-refractivity contribution in [3.05, 3.63) is 21.9 Å². The molecule has 1 atom stereocenters. The third-order valence-electron chi connectivity index (χ3n) is 1.86. The summed E-state index contributed by atoms with van der Waals surface area (Å²) < 4.78 is 4.52. The van der Waals surface area contributed by atoms with Gasteiger partial charge in [-0.25, -0.2) is 0 Å². The normalized spacial score (nSPS) is 11.9. The number of carbonyl (C=O) groups is 2. The molecule has 88 valence electrons. The number of esters is 1. The Kier molecular flexibility index (Phi) is 4.95. The maximum absolute atomic E-state index is 11.6.